The Labute approximate surface area is 184 Å². The number of nitrogens with zero attached hydrogens (tertiary/aromatic N) is 1. The van der Waals surface area contributed by atoms with Gasteiger partial charge in [0, 0.05) is 22.8 Å². The molecule has 0 radical (unpaired) electrons. The molecule has 1 saturated heterocycles. The SMILES string of the molecule is NC(=O)c1sc2ccccc2c1CC1CCCCN1C(=O)c1ccc2c(c1)OCCO2. The van der Waals surface area contributed by atoms with E-state index in [1.807, 2.05) is 29.2 Å². The number of benzene rings is 2. The van der Waals surface area contributed by atoms with Gasteiger partial charge in [0.1, 0.15) is 13.2 Å². The van der Waals surface area contributed by atoms with Crippen molar-refractivity contribution >= 4 is 33.2 Å². The van der Waals surface area contributed by atoms with Crippen molar-refractivity contribution in [2.75, 3.05) is 19.8 Å². The third-order valence-electron chi connectivity index (χ3n) is 6.04. The Morgan fingerprint density at radius 3 is 2.71 bits per heavy atom. The Balaban J connectivity index is 1.45. The van der Waals surface area contributed by atoms with Crippen LogP contribution in [-0.4, -0.2) is 42.5 Å². The van der Waals surface area contributed by atoms with Crippen molar-refractivity contribution in [3.8, 4) is 11.5 Å². The van der Waals surface area contributed by atoms with Crippen molar-refractivity contribution in [2.45, 2.75) is 31.7 Å². The second-order valence-electron chi connectivity index (χ2n) is 7.98. The minimum absolute atomic E-state index is 0.0122. The summed E-state index contributed by atoms with van der Waals surface area (Å²) in [5.41, 5.74) is 7.26. The van der Waals surface area contributed by atoms with Crippen LogP contribution in [0.15, 0.2) is 42.5 Å². The Morgan fingerprint density at radius 2 is 1.87 bits per heavy atom. The van der Waals surface area contributed by atoms with E-state index >= 15 is 0 Å². The van der Waals surface area contributed by atoms with Crippen LogP contribution in [0.4, 0.5) is 0 Å². The molecule has 0 aliphatic carbocycles. The van der Waals surface area contributed by atoms with Gasteiger partial charge in [0.05, 0.1) is 4.88 Å². The molecule has 1 aromatic heterocycles. The summed E-state index contributed by atoms with van der Waals surface area (Å²) in [5.74, 6) is 0.873. The molecule has 2 aliphatic heterocycles. The first-order chi connectivity index (χ1) is 15.1. The molecular weight excluding hydrogens is 412 g/mol. The quantitative estimate of drug-likeness (QED) is 0.670. The molecular formula is C24H24N2O4S. The first-order valence-electron chi connectivity index (χ1n) is 10.6. The third kappa shape index (κ3) is 3.74. The number of carbonyl (C=O) groups is 2. The largest absolute Gasteiger partial charge is 0.486 e. The Hall–Kier alpha value is -3.06. The van der Waals surface area contributed by atoms with Gasteiger partial charge in [-0.15, -0.1) is 11.3 Å². The molecule has 6 nitrogen and oxygen atoms in total. The number of hydrogen-bond acceptors (Lipinski definition) is 5. The number of rotatable bonds is 4. The Bertz CT molecular complexity index is 1160. The first-order valence-corrected chi connectivity index (χ1v) is 11.4. The van der Waals surface area contributed by atoms with Crippen LogP contribution in [0.1, 0.15) is 44.9 Å². The van der Waals surface area contributed by atoms with Gasteiger partial charge in [-0.2, -0.15) is 0 Å². The fraction of sp³-hybridized carbons (Fsp3) is 0.333. The van der Waals surface area contributed by atoms with Crippen LogP contribution in [-0.2, 0) is 6.42 Å². The number of amides is 2. The van der Waals surface area contributed by atoms with Gasteiger partial charge in [-0.1, -0.05) is 18.2 Å². The van der Waals surface area contributed by atoms with E-state index in [1.165, 1.54) is 11.3 Å². The minimum atomic E-state index is -0.406. The monoisotopic (exact) mass is 436 g/mol. The van der Waals surface area contributed by atoms with Crippen LogP contribution >= 0.6 is 11.3 Å². The molecule has 2 N–H and O–H groups in total. The highest BCUT2D eigenvalue weighted by molar-refractivity contribution is 7.21. The van der Waals surface area contributed by atoms with Crippen molar-refractivity contribution in [1.82, 2.24) is 4.90 Å². The van der Waals surface area contributed by atoms with Crippen LogP contribution < -0.4 is 15.2 Å². The smallest absolute Gasteiger partial charge is 0.259 e. The fourth-order valence-electron chi connectivity index (χ4n) is 4.56. The van der Waals surface area contributed by atoms with E-state index in [2.05, 4.69) is 0 Å². The molecule has 5 rings (SSSR count). The summed E-state index contributed by atoms with van der Waals surface area (Å²) < 4.78 is 12.3. The van der Waals surface area contributed by atoms with Gasteiger partial charge in [0.15, 0.2) is 11.5 Å². The molecule has 7 heteroatoms. The molecule has 0 bridgehead atoms. The van der Waals surface area contributed by atoms with Crippen LogP contribution in [0.2, 0.25) is 0 Å². The summed E-state index contributed by atoms with van der Waals surface area (Å²) in [7, 11) is 0. The summed E-state index contributed by atoms with van der Waals surface area (Å²) in [4.78, 5) is 28.1. The van der Waals surface area contributed by atoms with Gasteiger partial charge >= 0.3 is 0 Å². The molecule has 1 fully saturated rings. The van der Waals surface area contributed by atoms with Gasteiger partial charge in [0.2, 0.25) is 0 Å². The van der Waals surface area contributed by atoms with E-state index in [0.29, 0.717) is 48.1 Å². The number of carbonyl (C=O) groups excluding carboxylic acids is 2. The maximum Gasteiger partial charge on any atom is 0.259 e. The molecule has 0 spiro atoms. The summed E-state index contributed by atoms with van der Waals surface area (Å²) in [6.07, 6.45) is 3.56. The molecule has 0 saturated carbocycles. The van der Waals surface area contributed by atoms with Crippen LogP contribution in [0, 0.1) is 0 Å². The molecule has 160 valence electrons. The van der Waals surface area contributed by atoms with Crippen molar-refractivity contribution < 1.29 is 19.1 Å². The second kappa shape index (κ2) is 8.23. The fourth-order valence-corrected chi connectivity index (χ4v) is 5.64. The van der Waals surface area contributed by atoms with E-state index in [4.69, 9.17) is 15.2 Å². The highest BCUT2D eigenvalue weighted by atomic mass is 32.1. The van der Waals surface area contributed by atoms with Gasteiger partial charge < -0.3 is 20.1 Å². The van der Waals surface area contributed by atoms with Crippen molar-refractivity contribution in [3.05, 3.63) is 58.5 Å². The van der Waals surface area contributed by atoms with Crippen LogP contribution in [0.25, 0.3) is 10.1 Å². The molecule has 31 heavy (non-hydrogen) atoms. The van der Waals surface area contributed by atoms with E-state index in [1.54, 1.807) is 18.2 Å². The zero-order valence-corrected chi connectivity index (χ0v) is 18.0. The molecule has 3 aromatic rings. The lowest BCUT2D eigenvalue weighted by Crippen LogP contribution is -2.45. The van der Waals surface area contributed by atoms with E-state index in [-0.39, 0.29) is 11.9 Å². The van der Waals surface area contributed by atoms with Gasteiger partial charge in [-0.05, 0) is 60.9 Å². The molecule has 1 unspecified atom stereocenters. The lowest BCUT2D eigenvalue weighted by atomic mass is 9.93. The van der Waals surface area contributed by atoms with Crippen LogP contribution in [0.5, 0.6) is 11.5 Å². The highest BCUT2D eigenvalue weighted by Crippen LogP contribution is 2.35. The Kier molecular flexibility index (Phi) is 5.28. The summed E-state index contributed by atoms with van der Waals surface area (Å²) in [6, 6.07) is 13.4. The van der Waals surface area contributed by atoms with Crippen molar-refractivity contribution in [2.24, 2.45) is 5.73 Å². The van der Waals surface area contributed by atoms with Crippen molar-refractivity contribution in [3.63, 3.8) is 0 Å². The topological polar surface area (TPSA) is 81.9 Å². The molecule has 2 aliphatic rings. The number of ether oxygens (including phenoxy) is 2. The van der Waals surface area contributed by atoms with E-state index in [0.717, 1.165) is 34.9 Å². The predicted octanol–water partition coefficient (Wildman–Crippen LogP) is 4.01. The number of fused-ring (bicyclic) bond motifs is 2. The standard InChI is InChI=1S/C24H24N2O4S/c25-23(27)22-18(17-6-1-2-7-21(17)31-22)14-16-5-3-4-10-26(16)24(28)15-8-9-19-20(13-15)30-12-11-29-19/h1-2,6-9,13,16H,3-5,10-12,14H2,(H2,25,27). The maximum atomic E-state index is 13.4. The molecule has 3 heterocycles. The number of piperidine rings is 1. The molecule has 2 aromatic carbocycles. The predicted molar refractivity (Wildman–Crippen MR) is 120 cm³/mol. The van der Waals surface area contributed by atoms with Gasteiger partial charge in [-0.25, -0.2) is 0 Å². The number of thiophene rings is 1. The van der Waals surface area contributed by atoms with Gasteiger partial charge in [-0.3, -0.25) is 9.59 Å². The number of nitrogens with two attached hydrogens (primary N) is 1. The molecule has 2 amide bonds. The normalized spacial score (nSPS) is 18.2. The third-order valence-corrected chi connectivity index (χ3v) is 7.27. The highest BCUT2D eigenvalue weighted by Gasteiger charge is 2.30. The second-order valence-corrected chi connectivity index (χ2v) is 9.03. The van der Waals surface area contributed by atoms with E-state index in [9.17, 15) is 9.59 Å². The average Bonchev–Trinajstić information content (AvgIpc) is 3.17. The first kappa shape index (κ1) is 19.9. The lowest BCUT2D eigenvalue weighted by Gasteiger charge is -2.36. The van der Waals surface area contributed by atoms with Gasteiger partial charge in [0.25, 0.3) is 11.8 Å². The van der Waals surface area contributed by atoms with Crippen LogP contribution in [0.3, 0.4) is 0 Å². The summed E-state index contributed by atoms with van der Waals surface area (Å²) in [6.45, 7) is 1.70. The average molecular weight is 437 g/mol. The van der Waals surface area contributed by atoms with Crippen molar-refractivity contribution in [1.29, 1.82) is 0 Å². The number of primary amides is 1. The summed E-state index contributed by atoms with van der Waals surface area (Å²) >= 11 is 1.43. The summed E-state index contributed by atoms with van der Waals surface area (Å²) in [5, 5.41) is 1.05. The maximum absolute atomic E-state index is 13.4. The van der Waals surface area contributed by atoms with E-state index < -0.39 is 5.91 Å². The number of hydrogen-bond donors (Lipinski definition) is 1. The lowest BCUT2D eigenvalue weighted by molar-refractivity contribution is 0.0613. The molecule has 1 atom stereocenters. The zero-order valence-electron chi connectivity index (χ0n) is 17.1. The zero-order chi connectivity index (χ0) is 21.4. The Morgan fingerprint density at radius 1 is 1.06 bits per heavy atom. The minimum Gasteiger partial charge on any atom is -0.486 e. The number of likely N-dealkylation sites (tertiary alicyclic amines) is 1.